The van der Waals surface area contributed by atoms with E-state index in [1.165, 1.54) is 6.07 Å². The second-order valence-electron chi connectivity index (χ2n) is 5.05. The van der Waals surface area contributed by atoms with Gasteiger partial charge >= 0.3 is 5.97 Å². The maximum Gasteiger partial charge on any atom is 0.303 e. The van der Waals surface area contributed by atoms with Crippen LogP contribution in [0, 0.1) is 5.82 Å². The van der Waals surface area contributed by atoms with E-state index >= 15 is 0 Å². The van der Waals surface area contributed by atoms with Crippen molar-refractivity contribution in [3.63, 3.8) is 0 Å². The molecule has 0 spiro atoms. The molecule has 0 aromatic heterocycles. The van der Waals surface area contributed by atoms with Crippen LogP contribution in [0.1, 0.15) is 36.0 Å². The summed E-state index contributed by atoms with van der Waals surface area (Å²) in [6.45, 7) is 0. The Kier molecular flexibility index (Phi) is 5.42. The van der Waals surface area contributed by atoms with Gasteiger partial charge in [0.05, 0.1) is 0 Å². The maximum absolute atomic E-state index is 13.9. The summed E-state index contributed by atoms with van der Waals surface area (Å²) < 4.78 is 13.9. The number of halogens is 1. The number of ketones is 1. The van der Waals surface area contributed by atoms with Gasteiger partial charge in [-0.25, -0.2) is 4.39 Å². The topological polar surface area (TPSA) is 54.4 Å². The van der Waals surface area contributed by atoms with E-state index in [0.29, 0.717) is 29.5 Å². The van der Waals surface area contributed by atoms with Crippen molar-refractivity contribution in [1.29, 1.82) is 0 Å². The third-order valence-corrected chi connectivity index (χ3v) is 3.44. The largest absolute Gasteiger partial charge is 0.481 e. The van der Waals surface area contributed by atoms with Crippen molar-refractivity contribution in [2.45, 2.75) is 25.7 Å². The second-order valence-corrected chi connectivity index (χ2v) is 5.05. The molecule has 3 nitrogen and oxygen atoms in total. The fraction of sp³-hybridized carbons (Fsp3) is 0.222. The summed E-state index contributed by atoms with van der Waals surface area (Å²) in [6, 6.07) is 13.3. The van der Waals surface area contributed by atoms with Crippen LogP contribution in [0.15, 0.2) is 48.5 Å². The zero-order chi connectivity index (χ0) is 15.9. The van der Waals surface area contributed by atoms with Gasteiger partial charge in [0.2, 0.25) is 0 Å². The molecule has 0 amide bonds. The first-order valence-electron chi connectivity index (χ1n) is 7.18. The Balaban J connectivity index is 2.16. The van der Waals surface area contributed by atoms with E-state index < -0.39 is 5.97 Å². The lowest BCUT2D eigenvalue weighted by atomic mass is 9.94. The molecule has 0 saturated heterocycles. The van der Waals surface area contributed by atoms with E-state index in [1.54, 1.807) is 42.5 Å². The summed E-state index contributed by atoms with van der Waals surface area (Å²) in [5.74, 6) is -1.32. The summed E-state index contributed by atoms with van der Waals surface area (Å²) in [6.07, 6.45) is 1.29. The van der Waals surface area contributed by atoms with E-state index in [0.717, 1.165) is 0 Å². The van der Waals surface area contributed by atoms with Crippen LogP contribution < -0.4 is 0 Å². The molecule has 0 atom stereocenters. The Morgan fingerprint density at radius 1 is 0.864 bits per heavy atom. The molecule has 2 rings (SSSR count). The van der Waals surface area contributed by atoms with Crippen LogP contribution in [-0.4, -0.2) is 16.9 Å². The van der Waals surface area contributed by atoms with Crippen molar-refractivity contribution in [3.05, 3.63) is 59.9 Å². The average molecular weight is 300 g/mol. The van der Waals surface area contributed by atoms with Gasteiger partial charge in [-0.05, 0) is 24.5 Å². The van der Waals surface area contributed by atoms with Crippen molar-refractivity contribution in [2.24, 2.45) is 0 Å². The van der Waals surface area contributed by atoms with Crippen LogP contribution in [0.2, 0.25) is 0 Å². The number of carboxylic acids is 1. The van der Waals surface area contributed by atoms with Gasteiger partial charge in [0.25, 0.3) is 0 Å². The van der Waals surface area contributed by atoms with Gasteiger partial charge in [-0.1, -0.05) is 42.5 Å². The van der Waals surface area contributed by atoms with E-state index in [4.69, 9.17) is 5.11 Å². The molecule has 0 saturated carbocycles. The zero-order valence-electron chi connectivity index (χ0n) is 12.1. The Morgan fingerprint density at radius 3 is 2.14 bits per heavy atom. The summed E-state index contributed by atoms with van der Waals surface area (Å²) in [7, 11) is 0. The number of aliphatic carboxylic acids is 1. The molecular formula is C18H17FO3. The van der Waals surface area contributed by atoms with Gasteiger partial charge in [0.1, 0.15) is 5.82 Å². The Bertz CT molecular complexity index is 680. The third-order valence-electron chi connectivity index (χ3n) is 3.44. The number of benzene rings is 2. The lowest BCUT2D eigenvalue weighted by Gasteiger charge is -2.09. The number of Topliss-reactive ketones (excluding diaryl/α,β-unsaturated/α-hetero) is 1. The standard InChI is InChI=1S/C18H17FO3/c19-16-10-4-3-8-14(16)13-7-1-2-9-15(13)17(20)11-5-6-12-18(21)22/h1-4,7-10H,5-6,11-12H2,(H,21,22). The van der Waals surface area contributed by atoms with Crippen molar-refractivity contribution in [1.82, 2.24) is 0 Å². The van der Waals surface area contributed by atoms with Crippen molar-refractivity contribution in [3.8, 4) is 11.1 Å². The molecule has 114 valence electrons. The summed E-state index contributed by atoms with van der Waals surface area (Å²) in [4.78, 5) is 22.8. The minimum Gasteiger partial charge on any atom is -0.481 e. The highest BCUT2D eigenvalue weighted by molar-refractivity contribution is 6.02. The van der Waals surface area contributed by atoms with Crippen molar-refractivity contribution in [2.75, 3.05) is 0 Å². The van der Waals surface area contributed by atoms with Gasteiger partial charge in [0, 0.05) is 24.0 Å². The van der Waals surface area contributed by atoms with Crippen molar-refractivity contribution < 1.29 is 19.1 Å². The van der Waals surface area contributed by atoms with Gasteiger partial charge in [-0.2, -0.15) is 0 Å². The Morgan fingerprint density at radius 2 is 1.45 bits per heavy atom. The lowest BCUT2D eigenvalue weighted by Crippen LogP contribution is -2.03. The predicted octanol–water partition coefficient (Wildman–Crippen LogP) is 4.32. The number of carbonyl (C=O) groups is 2. The smallest absolute Gasteiger partial charge is 0.303 e. The van der Waals surface area contributed by atoms with Crippen LogP contribution in [-0.2, 0) is 4.79 Å². The lowest BCUT2D eigenvalue weighted by molar-refractivity contribution is -0.137. The molecule has 0 aliphatic carbocycles. The number of hydrogen-bond acceptors (Lipinski definition) is 2. The van der Waals surface area contributed by atoms with Crippen LogP contribution in [0.4, 0.5) is 4.39 Å². The minimum atomic E-state index is -0.862. The number of rotatable bonds is 7. The molecule has 22 heavy (non-hydrogen) atoms. The van der Waals surface area contributed by atoms with Gasteiger partial charge in [0.15, 0.2) is 5.78 Å². The summed E-state index contributed by atoms with van der Waals surface area (Å²) in [5, 5.41) is 8.59. The van der Waals surface area contributed by atoms with Crippen molar-refractivity contribution >= 4 is 11.8 Å². The molecule has 0 unspecified atom stereocenters. The highest BCUT2D eigenvalue weighted by Gasteiger charge is 2.14. The first-order valence-corrected chi connectivity index (χ1v) is 7.18. The van der Waals surface area contributed by atoms with Crippen LogP contribution in [0.3, 0.4) is 0 Å². The quantitative estimate of drug-likeness (QED) is 0.612. The normalized spacial score (nSPS) is 10.4. The first kappa shape index (κ1) is 15.9. The second kappa shape index (κ2) is 7.50. The van der Waals surface area contributed by atoms with E-state index in [-0.39, 0.29) is 24.4 Å². The first-order chi connectivity index (χ1) is 10.6. The molecule has 0 fully saturated rings. The molecule has 0 bridgehead atoms. The third kappa shape index (κ3) is 4.01. The molecule has 0 aliphatic rings. The number of carbonyl (C=O) groups excluding carboxylic acids is 1. The minimum absolute atomic E-state index is 0.0578. The molecule has 0 aliphatic heterocycles. The fourth-order valence-corrected chi connectivity index (χ4v) is 2.34. The molecule has 0 heterocycles. The Hall–Kier alpha value is -2.49. The summed E-state index contributed by atoms with van der Waals surface area (Å²) in [5.41, 5.74) is 1.45. The maximum atomic E-state index is 13.9. The molecular weight excluding hydrogens is 283 g/mol. The fourth-order valence-electron chi connectivity index (χ4n) is 2.34. The SMILES string of the molecule is O=C(O)CCCCC(=O)c1ccccc1-c1ccccc1F. The van der Waals surface area contributed by atoms with Gasteiger partial charge in [-0.15, -0.1) is 0 Å². The van der Waals surface area contributed by atoms with Crippen LogP contribution in [0.5, 0.6) is 0 Å². The predicted molar refractivity (Wildman–Crippen MR) is 82.3 cm³/mol. The highest BCUT2D eigenvalue weighted by Crippen LogP contribution is 2.27. The van der Waals surface area contributed by atoms with E-state index in [2.05, 4.69) is 0 Å². The molecule has 1 N–H and O–H groups in total. The molecule has 4 heteroatoms. The molecule has 2 aromatic carbocycles. The van der Waals surface area contributed by atoms with Gasteiger partial charge < -0.3 is 5.11 Å². The zero-order valence-corrected chi connectivity index (χ0v) is 12.1. The van der Waals surface area contributed by atoms with E-state index in [9.17, 15) is 14.0 Å². The number of unbranched alkanes of at least 4 members (excludes halogenated alkanes) is 1. The van der Waals surface area contributed by atoms with Crippen LogP contribution in [0.25, 0.3) is 11.1 Å². The van der Waals surface area contributed by atoms with Crippen LogP contribution >= 0.6 is 0 Å². The Labute approximate surface area is 128 Å². The summed E-state index contributed by atoms with van der Waals surface area (Å²) >= 11 is 0. The molecule has 2 aromatic rings. The van der Waals surface area contributed by atoms with Gasteiger partial charge in [-0.3, -0.25) is 9.59 Å². The molecule has 0 radical (unpaired) electrons. The number of carboxylic acid groups (broad SMARTS) is 1. The average Bonchev–Trinajstić information content (AvgIpc) is 2.52. The monoisotopic (exact) mass is 300 g/mol. The van der Waals surface area contributed by atoms with E-state index in [1.807, 2.05) is 0 Å². The number of hydrogen-bond donors (Lipinski definition) is 1. The highest BCUT2D eigenvalue weighted by atomic mass is 19.1.